The molecule has 6 heteroatoms. The van der Waals surface area contributed by atoms with Gasteiger partial charge in [0.1, 0.15) is 5.71 Å². The van der Waals surface area contributed by atoms with E-state index in [0.717, 1.165) is 48.8 Å². The number of fused-ring (bicyclic) bond motifs is 1. The molecular formula is C21H26N4OS. The first-order valence-corrected chi connectivity index (χ1v) is 10.7. The number of carbonyl (C=O) groups excluding carboxylic acids is 1. The molecule has 0 spiro atoms. The smallest absolute Gasteiger partial charge is 0.273 e. The van der Waals surface area contributed by atoms with Crippen molar-refractivity contribution in [2.75, 3.05) is 13.1 Å². The second-order valence-corrected chi connectivity index (χ2v) is 8.03. The lowest BCUT2D eigenvalue weighted by molar-refractivity contribution is -0.116. The summed E-state index contributed by atoms with van der Waals surface area (Å²) in [7, 11) is 0. The third-order valence-corrected chi connectivity index (χ3v) is 6.41. The Hall–Kier alpha value is -2.18. The van der Waals surface area contributed by atoms with Crippen LogP contribution in [0.4, 0.5) is 0 Å². The van der Waals surface area contributed by atoms with Gasteiger partial charge in [0, 0.05) is 17.9 Å². The van der Waals surface area contributed by atoms with Crippen LogP contribution in [0.1, 0.15) is 54.1 Å². The predicted molar refractivity (Wildman–Crippen MR) is 111 cm³/mol. The molecular weight excluding hydrogens is 356 g/mol. The molecule has 0 aromatic carbocycles. The van der Waals surface area contributed by atoms with Crippen molar-refractivity contribution in [3.63, 3.8) is 0 Å². The Morgan fingerprint density at radius 3 is 2.81 bits per heavy atom. The van der Waals surface area contributed by atoms with Crippen molar-refractivity contribution in [3.8, 4) is 0 Å². The standard InChI is InChI=1S/C21H26N4OS/c1-3-25(4-2)13-16-14-8-5-6-9-17(14)22-18(16)12-15-20(23-24-21(15)26)19-10-7-11-27-19/h7,10-12,22H,3-6,8-9,13H2,1-2H3,(H,24,26). The van der Waals surface area contributed by atoms with Crippen LogP contribution < -0.4 is 5.43 Å². The highest BCUT2D eigenvalue weighted by molar-refractivity contribution is 7.12. The number of H-pyrrole nitrogens is 1. The highest BCUT2D eigenvalue weighted by atomic mass is 32.1. The molecule has 0 bridgehead atoms. The minimum absolute atomic E-state index is 0.125. The monoisotopic (exact) mass is 382 g/mol. The van der Waals surface area contributed by atoms with Crippen molar-refractivity contribution in [2.45, 2.75) is 46.1 Å². The summed E-state index contributed by atoms with van der Waals surface area (Å²) >= 11 is 1.60. The molecule has 1 aliphatic carbocycles. The maximum atomic E-state index is 12.5. The number of hydrogen-bond acceptors (Lipinski definition) is 4. The van der Waals surface area contributed by atoms with Crippen LogP contribution in [0.25, 0.3) is 6.08 Å². The normalized spacial score (nSPS) is 18.1. The molecule has 0 saturated carbocycles. The maximum absolute atomic E-state index is 12.5. The number of carbonyl (C=O) groups is 1. The van der Waals surface area contributed by atoms with Crippen molar-refractivity contribution in [1.82, 2.24) is 15.3 Å². The summed E-state index contributed by atoms with van der Waals surface area (Å²) in [5, 5.41) is 6.29. The van der Waals surface area contributed by atoms with Crippen LogP contribution in [0, 0.1) is 0 Å². The molecule has 3 heterocycles. The Labute approximate surface area is 164 Å². The number of amides is 1. The number of aromatic nitrogens is 1. The van der Waals surface area contributed by atoms with Gasteiger partial charge < -0.3 is 4.98 Å². The van der Waals surface area contributed by atoms with Gasteiger partial charge in [0.25, 0.3) is 5.91 Å². The average Bonchev–Trinajstić information content (AvgIpc) is 3.40. The van der Waals surface area contributed by atoms with Gasteiger partial charge in [-0.2, -0.15) is 5.10 Å². The summed E-state index contributed by atoms with van der Waals surface area (Å²) in [6.07, 6.45) is 6.72. The van der Waals surface area contributed by atoms with E-state index in [0.29, 0.717) is 5.57 Å². The van der Waals surface area contributed by atoms with E-state index >= 15 is 0 Å². The number of hydrazone groups is 1. The molecule has 1 aliphatic heterocycles. The number of thiophene rings is 1. The van der Waals surface area contributed by atoms with E-state index < -0.39 is 0 Å². The maximum Gasteiger partial charge on any atom is 0.273 e. The van der Waals surface area contributed by atoms with Gasteiger partial charge >= 0.3 is 0 Å². The zero-order chi connectivity index (χ0) is 18.8. The summed E-state index contributed by atoms with van der Waals surface area (Å²) in [4.78, 5) is 19.5. The van der Waals surface area contributed by atoms with E-state index in [1.807, 2.05) is 23.6 Å². The second-order valence-electron chi connectivity index (χ2n) is 7.08. The van der Waals surface area contributed by atoms with Crippen LogP contribution >= 0.6 is 11.3 Å². The third-order valence-electron chi connectivity index (χ3n) is 5.53. The van der Waals surface area contributed by atoms with Crippen molar-refractivity contribution in [2.24, 2.45) is 5.10 Å². The van der Waals surface area contributed by atoms with Crippen LogP contribution in [0.5, 0.6) is 0 Å². The molecule has 0 atom stereocenters. The lowest BCUT2D eigenvalue weighted by Gasteiger charge is -2.20. The fraction of sp³-hybridized carbons (Fsp3) is 0.429. The lowest BCUT2D eigenvalue weighted by Crippen LogP contribution is -2.23. The number of rotatable bonds is 6. The molecule has 2 aliphatic rings. The van der Waals surface area contributed by atoms with Gasteiger partial charge in [-0.3, -0.25) is 9.69 Å². The molecule has 142 valence electrons. The first-order valence-electron chi connectivity index (χ1n) is 9.80. The highest BCUT2D eigenvalue weighted by Crippen LogP contribution is 2.30. The molecule has 2 aromatic heterocycles. The van der Waals surface area contributed by atoms with Gasteiger partial charge in [-0.05, 0) is 67.4 Å². The molecule has 2 N–H and O–H groups in total. The zero-order valence-corrected chi connectivity index (χ0v) is 16.8. The van der Waals surface area contributed by atoms with Crippen molar-refractivity contribution in [3.05, 3.63) is 50.5 Å². The molecule has 0 radical (unpaired) electrons. The zero-order valence-electron chi connectivity index (χ0n) is 16.0. The Kier molecular flexibility index (Phi) is 5.27. The fourth-order valence-corrected chi connectivity index (χ4v) is 4.69. The number of nitrogens with zero attached hydrogens (tertiary/aromatic N) is 2. The molecule has 27 heavy (non-hydrogen) atoms. The number of aromatic amines is 1. The van der Waals surface area contributed by atoms with E-state index in [1.165, 1.54) is 29.7 Å². The number of aryl methyl sites for hydroxylation is 1. The van der Waals surface area contributed by atoms with Crippen molar-refractivity contribution in [1.29, 1.82) is 0 Å². The predicted octanol–water partition coefficient (Wildman–Crippen LogP) is 3.71. The Bertz CT molecular complexity index is 888. The van der Waals surface area contributed by atoms with Gasteiger partial charge in [0.05, 0.1) is 10.5 Å². The van der Waals surface area contributed by atoms with Crippen LogP contribution in [-0.2, 0) is 24.2 Å². The highest BCUT2D eigenvalue weighted by Gasteiger charge is 2.27. The van der Waals surface area contributed by atoms with Crippen LogP contribution in [0.2, 0.25) is 0 Å². The Morgan fingerprint density at radius 1 is 1.26 bits per heavy atom. The summed E-state index contributed by atoms with van der Waals surface area (Å²) in [5.74, 6) is -0.125. The van der Waals surface area contributed by atoms with Crippen LogP contribution in [0.3, 0.4) is 0 Å². The van der Waals surface area contributed by atoms with Crippen LogP contribution in [0.15, 0.2) is 28.2 Å². The molecule has 1 amide bonds. The fourth-order valence-electron chi connectivity index (χ4n) is 3.97. The second kappa shape index (κ2) is 7.82. The van der Waals surface area contributed by atoms with E-state index in [2.05, 4.69) is 34.3 Å². The first-order chi connectivity index (χ1) is 13.2. The summed E-state index contributed by atoms with van der Waals surface area (Å²) in [6, 6.07) is 4.00. The van der Waals surface area contributed by atoms with E-state index in [-0.39, 0.29) is 5.91 Å². The number of nitrogens with one attached hydrogen (secondary N) is 2. The van der Waals surface area contributed by atoms with Gasteiger partial charge in [0.15, 0.2) is 0 Å². The van der Waals surface area contributed by atoms with Crippen molar-refractivity contribution < 1.29 is 4.79 Å². The van der Waals surface area contributed by atoms with E-state index in [4.69, 9.17) is 0 Å². The largest absolute Gasteiger partial charge is 0.358 e. The topological polar surface area (TPSA) is 60.5 Å². The molecule has 4 rings (SSSR count). The molecule has 0 saturated heterocycles. The molecule has 5 nitrogen and oxygen atoms in total. The molecule has 2 aromatic rings. The van der Waals surface area contributed by atoms with Gasteiger partial charge in [-0.15, -0.1) is 11.3 Å². The Morgan fingerprint density at radius 2 is 2.07 bits per heavy atom. The summed E-state index contributed by atoms with van der Waals surface area (Å²) in [6.45, 7) is 7.37. The minimum Gasteiger partial charge on any atom is -0.358 e. The van der Waals surface area contributed by atoms with Crippen LogP contribution in [-0.4, -0.2) is 34.6 Å². The third kappa shape index (κ3) is 3.51. The minimum atomic E-state index is -0.125. The molecule has 0 fully saturated rings. The van der Waals surface area contributed by atoms with Gasteiger partial charge in [-0.1, -0.05) is 19.9 Å². The quantitative estimate of drug-likeness (QED) is 0.748. The first kappa shape index (κ1) is 18.2. The van der Waals surface area contributed by atoms with Gasteiger partial charge in [0.2, 0.25) is 0 Å². The van der Waals surface area contributed by atoms with Gasteiger partial charge in [-0.25, -0.2) is 5.43 Å². The van der Waals surface area contributed by atoms with Crippen molar-refractivity contribution >= 4 is 29.0 Å². The number of hydrogen-bond donors (Lipinski definition) is 2. The SMILES string of the molecule is CCN(CC)Cc1c(C=C2C(=O)NN=C2c2cccs2)[nH]c2c1CCCC2. The molecule has 0 unspecified atom stereocenters. The summed E-state index contributed by atoms with van der Waals surface area (Å²) < 4.78 is 0. The lowest BCUT2D eigenvalue weighted by atomic mass is 9.93. The average molecular weight is 383 g/mol. The summed E-state index contributed by atoms with van der Waals surface area (Å²) in [5.41, 5.74) is 9.28. The van der Waals surface area contributed by atoms with E-state index in [9.17, 15) is 4.79 Å². The van der Waals surface area contributed by atoms with E-state index in [1.54, 1.807) is 11.3 Å². The Balaban J connectivity index is 1.76.